The Balaban J connectivity index is 1.60. The van der Waals surface area contributed by atoms with Crippen molar-refractivity contribution in [2.24, 2.45) is 0 Å². The van der Waals surface area contributed by atoms with Crippen LogP contribution in [-0.4, -0.2) is 75.1 Å². The average Bonchev–Trinajstić information content (AvgIpc) is 2.82. The molecule has 0 aliphatic carbocycles. The molecule has 0 saturated carbocycles. The molecule has 1 saturated heterocycles. The van der Waals surface area contributed by atoms with Crippen LogP contribution in [0.4, 0.5) is 5.82 Å². The number of methoxy groups -OCH3 is 3. The topological polar surface area (TPSA) is 86.3 Å². The van der Waals surface area contributed by atoms with Gasteiger partial charge in [0.25, 0.3) is 0 Å². The normalized spacial score (nSPS) is 13.9. The predicted molar refractivity (Wildman–Crippen MR) is 117 cm³/mol. The number of aromatic nitrogens is 2. The number of rotatable bonds is 8. The Labute approximate surface area is 182 Å². The van der Waals surface area contributed by atoms with E-state index < -0.39 is 0 Å². The number of piperazine rings is 1. The van der Waals surface area contributed by atoms with Gasteiger partial charge in [0.2, 0.25) is 17.5 Å². The maximum absolute atomic E-state index is 12.7. The largest absolute Gasteiger partial charge is 0.493 e. The van der Waals surface area contributed by atoms with E-state index in [1.807, 2.05) is 24.0 Å². The molecule has 1 aliphatic heterocycles. The maximum Gasteiger partial charge on any atom is 0.246 e. The summed E-state index contributed by atoms with van der Waals surface area (Å²) < 4.78 is 21.4. The number of hydrogen-bond donors (Lipinski definition) is 0. The van der Waals surface area contributed by atoms with Gasteiger partial charge in [-0.15, -0.1) is 10.2 Å². The van der Waals surface area contributed by atoms with E-state index in [2.05, 4.69) is 15.1 Å². The predicted octanol–water partition coefficient (Wildman–Crippen LogP) is 2.26. The van der Waals surface area contributed by atoms with Crippen LogP contribution >= 0.6 is 0 Å². The lowest BCUT2D eigenvalue weighted by atomic mass is 10.1. The summed E-state index contributed by atoms with van der Waals surface area (Å²) >= 11 is 0. The van der Waals surface area contributed by atoms with Gasteiger partial charge < -0.3 is 28.7 Å². The van der Waals surface area contributed by atoms with Crippen LogP contribution in [0.25, 0.3) is 6.08 Å². The first kappa shape index (κ1) is 22.2. The second-order valence-electron chi connectivity index (χ2n) is 6.77. The molecule has 2 aromatic rings. The first-order valence-electron chi connectivity index (χ1n) is 10.1. The van der Waals surface area contributed by atoms with E-state index in [0.717, 1.165) is 11.4 Å². The van der Waals surface area contributed by atoms with Crippen molar-refractivity contribution in [2.75, 3.05) is 59.0 Å². The summed E-state index contributed by atoms with van der Waals surface area (Å²) in [5.41, 5.74) is 0.783. The molecule has 9 nitrogen and oxygen atoms in total. The zero-order valence-electron chi connectivity index (χ0n) is 18.3. The molecule has 9 heteroatoms. The number of amides is 1. The molecule has 0 atom stereocenters. The minimum absolute atomic E-state index is 0.0498. The summed E-state index contributed by atoms with van der Waals surface area (Å²) in [6.45, 7) is 5.04. The van der Waals surface area contributed by atoms with E-state index in [9.17, 15) is 4.79 Å². The Morgan fingerprint density at radius 2 is 1.68 bits per heavy atom. The summed E-state index contributed by atoms with van der Waals surface area (Å²) in [6, 6.07) is 7.30. The Morgan fingerprint density at radius 1 is 1.00 bits per heavy atom. The highest BCUT2D eigenvalue weighted by Crippen LogP contribution is 2.38. The molecular formula is C22H28N4O5. The van der Waals surface area contributed by atoms with Gasteiger partial charge >= 0.3 is 0 Å². The molecule has 3 rings (SSSR count). The lowest BCUT2D eigenvalue weighted by molar-refractivity contribution is -0.126. The molecular weight excluding hydrogens is 400 g/mol. The maximum atomic E-state index is 12.7. The van der Waals surface area contributed by atoms with E-state index in [1.165, 1.54) is 0 Å². The second-order valence-corrected chi connectivity index (χ2v) is 6.77. The number of ether oxygens (including phenoxy) is 4. The van der Waals surface area contributed by atoms with Crippen LogP contribution < -0.4 is 23.8 Å². The number of carbonyl (C=O) groups excluding carboxylic acids is 1. The lowest BCUT2D eigenvalue weighted by Gasteiger charge is -2.34. The first-order valence-corrected chi connectivity index (χ1v) is 10.1. The first-order chi connectivity index (χ1) is 15.1. The monoisotopic (exact) mass is 428 g/mol. The van der Waals surface area contributed by atoms with Crippen molar-refractivity contribution in [3.05, 3.63) is 35.9 Å². The number of benzene rings is 1. The van der Waals surface area contributed by atoms with Crippen LogP contribution in [0.2, 0.25) is 0 Å². The summed E-state index contributed by atoms with van der Waals surface area (Å²) in [4.78, 5) is 16.6. The van der Waals surface area contributed by atoms with Crippen molar-refractivity contribution in [1.82, 2.24) is 15.1 Å². The highest BCUT2D eigenvalue weighted by molar-refractivity contribution is 5.92. The van der Waals surface area contributed by atoms with Gasteiger partial charge in [-0.25, -0.2) is 0 Å². The van der Waals surface area contributed by atoms with Crippen molar-refractivity contribution in [3.8, 4) is 23.1 Å². The van der Waals surface area contributed by atoms with Gasteiger partial charge in [0.05, 0.1) is 27.9 Å². The minimum atomic E-state index is -0.0498. The van der Waals surface area contributed by atoms with Gasteiger partial charge in [-0.2, -0.15) is 0 Å². The number of carbonyl (C=O) groups is 1. The third-order valence-electron chi connectivity index (χ3n) is 4.94. The van der Waals surface area contributed by atoms with Crippen LogP contribution in [0, 0.1) is 0 Å². The van der Waals surface area contributed by atoms with E-state index in [4.69, 9.17) is 18.9 Å². The SMILES string of the molecule is CCOc1ccc(N2CCN(C(=O)/C=C/c3cc(OC)c(OC)c(OC)c3)CC2)nn1. The van der Waals surface area contributed by atoms with Crippen LogP contribution in [0.15, 0.2) is 30.3 Å². The van der Waals surface area contributed by atoms with Gasteiger partial charge in [0.15, 0.2) is 17.3 Å². The summed E-state index contributed by atoms with van der Waals surface area (Å²) in [7, 11) is 4.67. The van der Waals surface area contributed by atoms with Crippen molar-refractivity contribution in [1.29, 1.82) is 0 Å². The smallest absolute Gasteiger partial charge is 0.246 e. The Kier molecular flexibility index (Phi) is 7.53. The zero-order chi connectivity index (χ0) is 22.2. The van der Waals surface area contributed by atoms with Crippen LogP contribution in [0.5, 0.6) is 23.1 Å². The third kappa shape index (κ3) is 5.36. The minimum Gasteiger partial charge on any atom is -0.493 e. The third-order valence-corrected chi connectivity index (χ3v) is 4.94. The molecule has 0 radical (unpaired) electrons. The van der Waals surface area contributed by atoms with Crippen molar-refractivity contribution in [3.63, 3.8) is 0 Å². The quantitative estimate of drug-likeness (QED) is 0.592. The van der Waals surface area contributed by atoms with Crippen molar-refractivity contribution < 1.29 is 23.7 Å². The van der Waals surface area contributed by atoms with E-state index in [1.54, 1.807) is 45.6 Å². The average molecular weight is 428 g/mol. The lowest BCUT2D eigenvalue weighted by Crippen LogP contribution is -2.48. The molecule has 1 aromatic heterocycles. The van der Waals surface area contributed by atoms with E-state index in [0.29, 0.717) is 55.9 Å². The van der Waals surface area contributed by atoms with Crippen LogP contribution in [0.1, 0.15) is 12.5 Å². The second kappa shape index (κ2) is 10.5. The zero-order valence-corrected chi connectivity index (χ0v) is 18.3. The van der Waals surface area contributed by atoms with Gasteiger partial charge in [0, 0.05) is 38.3 Å². The number of hydrogen-bond acceptors (Lipinski definition) is 8. The summed E-state index contributed by atoms with van der Waals surface area (Å²) in [6.07, 6.45) is 3.31. The molecule has 1 aromatic carbocycles. The molecule has 0 N–H and O–H groups in total. The Morgan fingerprint density at radius 3 is 2.19 bits per heavy atom. The van der Waals surface area contributed by atoms with Crippen LogP contribution in [0.3, 0.4) is 0 Å². The Bertz CT molecular complexity index is 884. The summed E-state index contributed by atoms with van der Waals surface area (Å²) in [5.74, 6) is 2.84. The van der Waals surface area contributed by atoms with E-state index >= 15 is 0 Å². The fourth-order valence-electron chi connectivity index (χ4n) is 3.33. The van der Waals surface area contributed by atoms with Gasteiger partial charge in [-0.1, -0.05) is 0 Å². The van der Waals surface area contributed by atoms with Gasteiger partial charge in [-0.3, -0.25) is 4.79 Å². The molecule has 0 unspecified atom stereocenters. The molecule has 1 amide bonds. The molecule has 166 valence electrons. The van der Waals surface area contributed by atoms with Gasteiger partial charge in [-0.05, 0) is 36.8 Å². The number of anilines is 1. The molecule has 1 aliphatic rings. The summed E-state index contributed by atoms with van der Waals surface area (Å²) in [5, 5.41) is 8.28. The molecule has 31 heavy (non-hydrogen) atoms. The molecule has 0 spiro atoms. The fourth-order valence-corrected chi connectivity index (χ4v) is 3.33. The standard InChI is InChI=1S/C22H28N4O5/c1-5-31-20-8-7-19(23-24-20)25-10-12-26(13-11-25)21(27)9-6-16-14-17(28-2)22(30-4)18(15-16)29-3/h6-9,14-15H,5,10-13H2,1-4H3/b9-6+. The van der Waals surface area contributed by atoms with Crippen LogP contribution in [-0.2, 0) is 4.79 Å². The highest BCUT2D eigenvalue weighted by Gasteiger charge is 2.21. The van der Waals surface area contributed by atoms with Crippen molar-refractivity contribution in [2.45, 2.75) is 6.92 Å². The highest BCUT2D eigenvalue weighted by atomic mass is 16.5. The van der Waals surface area contributed by atoms with E-state index in [-0.39, 0.29) is 5.91 Å². The van der Waals surface area contributed by atoms with Crippen molar-refractivity contribution >= 4 is 17.8 Å². The Hall–Kier alpha value is -3.49. The molecule has 2 heterocycles. The van der Waals surface area contributed by atoms with Gasteiger partial charge in [0.1, 0.15) is 0 Å². The number of nitrogens with zero attached hydrogens (tertiary/aromatic N) is 4. The molecule has 0 bridgehead atoms. The molecule has 1 fully saturated rings. The fraction of sp³-hybridized carbons (Fsp3) is 0.409.